The third-order valence-corrected chi connectivity index (χ3v) is 6.77. The van der Waals surface area contributed by atoms with Crippen LogP contribution in [0.2, 0.25) is 0 Å². The van der Waals surface area contributed by atoms with Crippen LogP contribution in [0.5, 0.6) is 5.75 Å². The molecule has 1 N–H and O–H groups in total. The fourth-order valence-corrected chi connectivity index (χ4v) is 4.76. The lowest BCUT2D eigenvalue weighted by Crippen LogP contribution is -2.48. The van der Waals surface area contributed by atoms with E-state index < -0.39 is 0 Å². The predicted octanol–water partition coefficient (Wildman–Crippen LogP) is 3.26. The first-order chi connectivity index (χ1) is 16.2. The van der Waals surface area contributed by atoms with Crippen molar-refractivity contribution in [3.8, 4) is 5.75 Å². The van der Waals surface area contributed by atoms with Crippen LogP contribution in [0, 0.1) is 5.92 Å². The molecule has 0 aliphatic carbocycles. The van der Waals surface area contributed by atoms with Gasteiger partial charge in [-0.1, -0.05) is 6.07 Å². The van der Waals surface area contributed by atoms with E-state index in [0.29, 0.717) is 18.2 Å². The molecule has 0 unspecified atom stereocenters. The highest BCUT2D eigenvalue weighted by atomic mass is 16.5. The van der Waals surface area contributed by atoms with Gasteiger partial charge in [0, 0.05) is 70.1 Å². The number of piperidine rings is 1. The fourth-order valence-electron chi connectivity index (χ4n) is 4.76. The zero-order chi connectivity index (χ0) is 23.0. The molecule has 1 aromatic carbocycles. The SMILES string of the molecule is CCNc1cc(N2CCC(CCC(=O)N3CCN(c4cccc(OC)c4)CC3)CC2)ncn1. The number of carbonyl (C=O) groups is 1. The van der Waals surface area contributed by atoms with Gasteiger partial charge >= 0.3 is 0 Å². The molecular formula is C25H36N6O2. The van der Waals surface area contributed by atoms with E-state index in [2.05, 4.69) is 44.1 Å². The maximum absolute atomic E-state index is 12.8. The van der Waals surface area contributed by atoms with Crippen LogP contribution in [0.3, 0.4) is 0 Å². The van der Waals surface area contributed by atoms with Crippen molar-refractivity contribution in [2.24, 2.45) is 5.92 Å². The number of carbonyl (C=O) groups excluding carboxylic acids is 1. The number of methoxy groups -OCH3 is 1. The smallest absolute Gasteiger partial charge is 0.222 e. The molecule has 0 spiro atoms. The Bertz CT molecular complexity index is 907. The molecule has 2 aliphatic heterocycles. The van der Waals surface area contributed by atoms with E-state index in [1.807, 2.05) is 23.1 Å². The first-order valence-corrected chi connectivity index (χ1v) is 12.1. The highest BCUT2D eigenvalue weighted by Gasteiger charge is 2.24. The minimum absolute atomic E-state index is 0.300. The van der Waals surface area contributed by atoms with Crippen LogP contribution in [-0.2, 0) is 4.79 Å². The van der Waals surface area contributed by atoms with Crippen LogP contribution >= 0.6 is 0 Å². The third-order valence-electron chi connectivity index (χ3n) is 6.77. The number of piperazine rings is 1. The second kappa shape index (κ2) is 11.2. The van der Waals surface area contributed by atoms with Gasteiger partial charge in [-0.15, -0.1) is 0 Å². The Morgan fingerprint density at radius 2 is 1.85 bits per heavy atom. The standard InChI is InChI=1S/C25H36N6O2/c1-3-26-23-18-24(28-19-27-23)30-11-9-20(10-12-30)7-8-25(32)31-15-13-29(14-16-31)21-5-4-6-22(17-21)33-2/h4-6,17-20H,3,7-16H2,1-2H3,(H,26,27,28). The molecule has 1 aromatic heterocycles. The average Bonchev–Trinajstić information content (AvgIpc) is 2.88. The molecule has 0 atom stereocenters. The normalized spacial score (nSPS) is 17.2. The molecule has 2 saturated heterocycles. The van der Waals surface area contributed by atoms with Gasteiger partial charge in [0.25, 0.3) is 0 Å². The molecule has 8 nitrogen and oxygen atoms in total. The van der Waals surface area contributed by atoms with Crippen LogP contribution in [0.1, 0.15) is 32.6 Å². The fraction of sp³-hybridized carbons (Fsp3) is 0.560. The van der Waals surface area contributed by atoms with E-state index in [9.17, 15) is 4.79 Å². The quantitative estimate of drug-likeness (QED) is 0.659. The van der Waals surface area contributed by atoms with Crippen molar-refractivity contribution in [1.82, 2.24) is 14.9 Å². The topological polar surface area (TPSA) is 73.8 Å². The van der Waals surface area contributed by atoms with Crippen molar-refractivity contribution in [2.45, 2.75) is 32.6 Å². The zero-order valence-corrected chi connectivity index (χ0v) is 19.9. The second-order valence-corrected chi connectivity index (χ2v) is 8.83. The molecule has 2 fully saturated rings. The lowest BCUT2D eigenvalue weighted by Gasteiger charge is -2.37. The van der Waals surface area contributed by atoms with Crippen LogP contribution in [-0.4, -0.2) is 73.7 Å². The Labute approximate surface area is 196 Å². The largest absolute Gasteiger partial charge is 0.497 e. The Balaban J connectivity index is 1.18. The van der Waals surface area contributed by atoms with Crippen molar-refractivity contribution in [3.05, 3.63) is 36.7 Å². The summed E-state index contributed by atoms with van der Waals surface area (Å²) in [5.74, 6) is 3.65. The number of hydrogen-bond donors (Lipinski definition) is 1. The molecule has 2 aromatic rings. The van der Waals surface area contributed by atoms with E-state index in [4.69, 9.17) is 4.74 Å². The molecular weight excluding hydrogens is 416 g/mol. The summed E-state index contributed by atoms with van der Waals surface area (Å²) in [6, 6.07) is 10.2. The maximum Gasteiger partial charge on any atom is 0.222 e. The van der Waals surface area contributed by atoms with Gasteiger partial charge in [0.05, 0.1) is 7.11 Å². The molecule has 8 heteroatoms. The van der Waals surface area contributed by atoms with Gasteiger partial charge in [0.15, 0.2) is 0 Å². The van der Waals surface area contributed by atoms with Crippen LogP contribution in [0.15, 0.2) is 36.7 Å². The molecule has 1 amide bonds. The summed E-state index contributed by atoms with van der Waals surface area (Å²) < 4.78 is 5.34. The summed E-state index contributed by atoms with van der Waals surface area (Å²) in [5, 5.41) is 3.25. The molecule has 4 rings (SSSR count). The van der Waals surface area contributed by atoms with Crippen LogP contribution in [0.4, 0.5) is 17.3 Å². The zero-order valence-electron chi connectivity index (χ0n) is 19.9. The van der Waals surface area contributed by atoms with Crippen molar-refractivity contribution >= 4 is 23.2 Å². The van der Waals surface area contributed by atoms with Crippen molar-refractivity contribution < 1.29 is 9.53 Å². The van der Waals surface area contributed by atoms with Crippen LogP contribution in [0.25, 0.3) is 0 Å². The van der Waals surface area contributed by atoms with Crippen molar-refractivity contribution in [2.75, 3.05) is 68.0 Å². The summed E-state index contributed by atoms with van der Waals surface area (Å²) in [6.45, 7) is 8.20. The van der Waals surface area contributed by atoms with Gasteiger partial charge < -0.3 is 24.8 Å². The van der Waals surface area contributed by atoms with Gasteiger partial charge in [-0.25, -0.2) is 9.97 Å². The van der Waals surface area contributed by atoms with Crippen molar-refractivity contribution in [1.29, 1.82) is 0 Å². The number of amides is 1. The summed E-state index contributed by atoms with van der Waals surface area (Å²) in [4.78, 5) is 28.2. The lowest BCUT2D eigenvalue weighted by atomic mass is 9.92. The summed E-state index contributed by atoms with van der Waals surface area (Å²) in [7, 11) is 1.69. The molecule has 0 bridgehead atoms. The predicted molar refractivity (Wildman–Crippen MR) is 132 cm³/mol. The summed E-state index contributed by atoms with van der Waals surface area (Å²) >= 11 is 0. The Hall–Kier alpha value is -3.03. The Morgan fingerprint density at radius 3 is 2.58 bits per heavy atom. The minimum atomic E-state index is 0.300. The molecule has 33 heavy (non-hydrogen) atoms. The van der Waals surface area contributed by atoms with Gasteiger partial charge in [0.1, 0.15) is 23.7 Å². The third kappa shape index (κ3) is 6.06. The number of rotatable bonds is 8. The number of nitrogens with zero attached hydrogens (tertiary/aromatic N) is 5. The summed E-state index contributed by atoms with van der Waals surface area (Å²) in [5.41, 5.74) is 1.16. The molecule has 178 valence electrons. The van der Waals surface area contributed by atoms with E-state index in [1.165, 1.54) is 0 Å². The minimum Gasteiger partial charge on any atom is -0.497 e. The van der Waals surface area contributed by atoms with E-state index in [0.717, 1.165) is 88.1 Å². The number of hydrogen-bond acceptors (Lipinski definition) is 7. The molecule has 0 radical (unpaired) electrons. The number of aromatic nitrogens is 2. The lowest BCUT2D eigenvalue weighted by molar-refractivity contribution is -0.131. The summed E-state index contributed by atoms with van der Waals surface area (Å²) in [6.07, 6.45) is 5.48. The first kappa shape index (κ1) is 23.1. The number of nitrogens with one attached hydrogen (secondary N) is 1. The van der Waals surface area contributed by atoms with E-state index in [1.54, 1.807) is 13.4 Å². The maximum atomic E-state index is 12.8. The number of anilines is 3. The van der Waals surface area contributed by atoms with E-state index in [-0.39, 0.29) is 0 Å². The van der Waals surface area contributed by atoms with Gasteiger partial charge in [-0.05, 0) is 44.2 Å². The molecule has 2 aliphatic rings. The number of benzene rings is 1. The Morgan fingerprint density at radius 1 is 1.06 bits per heavy atom. The van der Waals surface area contributed by atoms with Gasteiger partial charge in [-0.2, -0.15) is 0 Å². The highest BCUT2D eigenvalue weighted by molar-refractivity contribution is 5.76. The number of ether oxygens (including phenoxy) is 1. The van der Waals surface area contributed by atoms with Crippen LogP contribution < -0.4 is 19.9 Å². The average molecular weight is 453 g/mol. The second-order valence-electron chi connectivity index (χ2n) is 8.83. The highest BCUT2D eigenvalue weighted by Crippen LogP contribution is 2.27. The van der Waals surface area contributed by atoms with Gasteiger partial charge in [0.2, 0.25) is 5.91 Å². The monoisotopic (exact) mass is 452 g/mol. The molecule has 3 heterocycles. The van der Waals surface area contributed by atoms with Crippen molar-refractivity contribution in [3.63, 3.8) is 0 Å². The first-order valence-electron chi connectivity index (χ1n) is 12.1. The Kier molecular flexibility index (Phi) is 7.86. The molecule has 0 saturated carbocycles. The van der Waals surface area contributed by atoms with E-state index >= 15 is 0 Å². The van der Waals surface area contributed by atoms with Gasteiger partial charge in [-0.3, -0.25) is 4.79 Å².